The summed E-state index contributed by atoms with van der Waals surface area (Å²) in [6, 6.07) is 17.0. The van der Waals surface area contributed by atoms with Gasteiger partial charge in [-0.1, -0.05) is 30.3 Å². The average Bonchev–Trinajstić information content (AvgIpc) is 3.21. The number of benzene rings is 2. The minimum Gasteiger partial charge on any atom is -0.507 e. The molecule has 0 spiro atoms. The number of rotatable bonds is 5. The van der Waals surface area contributed by atoms with Crippen LogP contribution >= 0.6 is 11.3 Å². The maximum absolute atomic E-state index is 12.1. The minimum absolute atomic E-state index is 0.110. The fourth-order valence-corrected chi connectivity index (χ4v) is 2.97. The number of hydrogen-bond donors (Lipinski definition) is 3. The summed E-state index contributed by atoms with van der Waals surface area (Å²) in [7, 11) is 0. The topological polar surface area (TPSA) is 90.8 Å². The Hall–Kier alpha value is -3.45. The van der Waals surface area contributed by atoms with Gasteiger partial charge in [-0.05, 0) is 48.2 Å². The SMILES string of the molecule is C/C(=N\NC(=O)c1ccccc1O)c1cccc(NC(=O)c2cccs2)c1. The summed E-state index contributed by atoms with van der Waals surface area (Å²) < 4.78 is 0. The van der Waals surface area contributed by atoms with Gasteiger partial charge in [-0.15, -0.1) is 11.3 Å². The van der Waals surface area contributed by atoms with Crippen molar-refractivity contribution >= 4 is 34.6 Å². The van der Waals surface area contributed by atoms with Gasteiger partial charge in [0, 0.05) is 5.69 Å². The molecule has 0 aliphatic carbocycles. The number of carbonyl (C=O) groups is 2. The predicted molar refractivity (Wildman–Crippen MR) is 106 cm³/mol. The van der Waals surface area contributed by atoms with Crippen molar-refractivity contribution in [1.29, 1.82) is 0 Å². The van der Waals surface area contributed by atoms with E-state index in [-0.39, 0.29) is 17.2 Å². The van der Waals surface area contributed by atoms with Crippen LogP contribution in [-0.4, -0.2) is 22.6 Å². The first-order valence-corrected chi connectivity index (χ1v) is 9.00. The molecule has 0 saturated heterocycles. The summed E-state index contributed by atoms with van der Waals surface area (Å²) in [5, 5.41) is 18.5. The van der Waals surface area contributed by atoms with E-state index >= 15 is 0 Å². The zero-order valence-corrected chi connectivity index (χ0v) is 15.3. The highest BCUT2D eigenvalue weighted by atomic mass is 32.1. The Morgan fingerprint density at radius 2 is 1.81 bits per heavy atom. The zero-order valence-electron chi connectivity index (χ0n) is 14.5. The van der Waals surface area contributed by atoms with Crippen molar-refractivity contribution in [2.75, 3.05) is 5.32 Å². The highest BCUT2D eigenvalue weighted by Crippen LogP contribution is 2.16. The molecule has 0 aliphatic rings. The third kappa shape index (κ3) is 4.59. The lowest BCUT2D eigenvalue weighted by Gasteiger charge is -2.07. The number of nitrogens with one attached hydrogen (secondary N) is 2. The number of hydrazone groups is 1. The maximum Gasteiger partial charge on any atom is 0.275 e. The van der Waals surface area contributed by atoms with Crippen LogP contribution in [0.1, 0.15) is 32.5 Å². The Kier molecular flexibility index (Phi) is 5.63. The largest absolute Gasteiger partial charge is 0.507 e. The van der Waals surface area contributed by atoms with Gasteiger partial charge in [-0.25, -0.2) is 5.43 Å². The van der Waals surface area contributed by atoms with Crippen LogP contribution < -0.4 is 10.7 Å². The molecule has 3 aromatic rings. The molecule has 0 unspecified atom stereocenters. The number of phenols is 1. The Morgan fingerprint density at radius 3 is 2.56 bits per heavy atom. The van der Waals surface area contributed by atoms with Gasteiger partial charge in [0.2, 0.25) is 0 Å². The summed E-state index contributed by atoms with van der Waals surface area (Å²) >= 11 is 1.37. The third-order valence-electron chi connectivity index (χ3n) is 3.76. The number of anilines is 1. The standard InChI is InChI=1S/C20H17N3O3S/c1-13(22-23-19(25)16-8-2-3-9-17(16)24)14-6-4-7-15(12-14)21-20(26)18-10-5-11-27-18/h2-12,24H,1H3,(H,21,26)(H,23,25)/b22-13+. The van der Waals surface area contributed by atoms with E-state index in [0.717, 1.165) is 5.56 Å². The van der Waals surface area contributed by atoms with E-state index in [0.29, 0.717) is 16.3 Å². The van der Waals surface area contributed by atoms with Crippen molar-refractivity contribution in [1.82, 2.24) is 5.43 Å². The average molecular weight is 379 g/mol. The molecule has 3 N–H and O–H groups in total. The molecular formula is C20H17N3O3S. The van der Waals surface area contributed by atoms with E-state index in [1.165, 1.54) is 23.5 Å². The van der Waals surface area contributed by atoms with Crippen LogP contribution in [0.5, 0.6) is 5.75 Å². The van der Waals surface area contributed by atoms with E-state index < -0.39 is 5.91 Å². The van der Waals surface area contributed by atoms with Crippen molar-refractivity contribution in [2.24, 2.45) is 5.10 Å². The minimum atomic E-state index is -0.505. The van der Waals surface area contributed by atoms with Gasteiger partial charge in [0.25, 0.3) is 11.8 Å². The Morgan fingerprint density at radius 1 is 1.00 bits per heavy atom. The van der Waals surface area contributed by atoms with Crippen molar-refractivity contribution in [3.8, 4) is 5.75 Å². The Bertz CT molecular complexity index is 997. The van der Waals surface area contributed by atoms with E-state index in [9.17, 15) is 14.7 Å². The molecule has 6 nitrogen and oxygen atoms in total. The second-order valence-corrected chi connectivity index (χ2v) is 6.62. The zero-order chi connectivity index (χ0) is 19.2. The van der Waals surface area contributed by atoms with Crippen LogP contribution in [0.4, 0.5) is 5.69 Å². The molecule has 7 heteroatoms. The molecule has 1 heterocycles. The number of aromatic hydroxyl groups is 1. The Labute approximate surface area is 160 Å². The highest BCUT2D eigenvalue weighted by Gasteiger charge is 2.10. The van der Waals surface area contributed by atoms with Crippen LogP contribution in [0.15, 0.2) is 71.1 Å². The van der Waals surface area contributed by atoms with Crippen molar-refractivity contribution in [3.05, 3.63) is 82.0 Å². The smallest absolute Gasteiger partial charge is 0.275 e. The third-order valence-corrected chi connectivity index (χ3v) is 4.63. The number of carbonyl (C=O) groups excluding carboxylic acids is 2. The second-order valence-electron chi connectivity index (χ2n) is 5.67. The number of thiophene rings is 1. The summed E-state index contributed by atoms with van der Waals surface area (Å²) in [4.78, 5) is 24.9. The molecule has 27 heavy (non-hydrogen) atoms. The lowest BCUT2D eigenvalue weighted by Crippen LogP contribution is -2.19. The van der Waals surface area contributed by atoms with Gasteiger partial charge in [0.15, 0.2) is 0 Å². The van der Waals surface area contributed by atoms with Gasteiger partial charge in [0.1, 0.15) is 5.75 Å². The van der Waals surface area contributed by atoms with Crippen LogP contribution in [0, 0.1) is 0 Å². The Balaban J connectivity index is 1.70. The monoisotopic (exact) mass is 379 g/mol. The van der Waals surface area contributed by atoms with Gasteiger partial charge in [0.05, 0.1) is 16.2 Å². The fraction of sp³-hybridized carbons (Fsp3) is 0.0500. The number of phenolic OH excluding ortho intramolecular Hbond substituents is 1. The molecule has 0 atom stereocenters. The van der Waals surface area contributed by atoms with Crippen LogP contribution in [-0.2, 0) is 0 Å². The lowest BCUT2D eigenvalue weighted by molar-refractivity contribution is 0.0951. The summed E-state index contributed by atoms with van der Waals surface area (Å²) in [6.45, 7) is 1.74. The van der Waals surface area contributed by atoms with E-state index in [4.69, 9.17) is 0 Å². The molecule has 0 fully saturated rings. The molecule has 1 aromatic heterocycles. The van der Waals surface area contributed by atoms with E-state index in [1.807, 2.05) is 17.5 Å². The molecule has 0 bridgehead atoms. The molecular weight excluding hydrogens is 362 g/mol. The van der Waals surface area contributed by atoms with Crippen molar-refractivity contribution in [2.45, 2.75) is 6.92 Å². The first-order chi connectivity index (χ1) is 13.0. The number of hydrogen-bond acceptors (Lipinski definition) is 5. The lowest BCUT2D eigenvalue weighted by atomic mass is 10.1. The maximum atomic E-state index is 12.1. The van der Waals surface area contributed by atoms with Gasteiger partial charge < -0.3 is 10.4 Å². The van der Waals surface area contributed by atoms with Crippen molar-refractivity contribution in [3.63, 3.8) is 0 Å². The molecule has 2 aromatic carbocycles. The summed E-state index contributed by atoms with van der Waals surface area (Å²) in [6.07, 6.45) is 0. The van der Waals surface area contributed by atoms with Crippen molar-refractivity contribution < 1.29 is 14.7 Å². The highest BCUT2D eigenvalue weighted by molar-refractivity contribution is 7.12. The number of para-hydroxylation sites is 1. The van der Waals surface area contributed by atoms with Crippen LogP contribution in [0.25, 0.3) is 0 Å². The van der Waals surface area contributed by atoms with E-state index in [2.05, 4.69) is 15.8 Å². The molecule has 0 radical (unpaired) electrons. The fourth-order valence-electron chi connectivity index (χ4n) is 2.35. The number of nitrogens with zero attached hydrogens (tertiary/aromatic N) is 1. The molecule has 3 rings (SSSR count). The first-order valence-electron chi connectivity index (χ1n) is 8.12. The molecule has 2 amide bonds. The normalized spacial score (nSPS) is 11.1. The number of amides is 2. The van der Waals surface area contributed by atoms with Gasteiger partial charge in [-0.3, -0.25) is 9.59 Å². The predicted octanol–water partition coefficient (Wildman–Crippen LogP) is 3.86. The molecule has 136 valence electrons. The summed E-state index contributed by atoms with van der Waals surface area (Å²) in [5.41, 5.74) is 4.51. The van der Waals surface area contributed by atoms with Gasteiger partial charge in [-0.2, -0.15) is 5.10 Å². The van der Waals surface area contributed by atoms with Gasteiger partial charge >= 0.3 is 0 Å². The van der Waals surface area contributed by atoms with Crippen LogP contribution in [0.3, 0.4) is 0 Å². The second kappa shape index (κ2) is 8.29. The molecule has 0 saturated carbocycles. The van der Waals surface area contributed by atoms with E-state index in [1.54, 1.807) is 43.3 Å². The summed E-state index contributed by atoms with van der Waals surface area (Å²) in [5.74, 6) is -0.791. The first kappa shape index (κ1) is 18.3. The van der Waals surface area contributed by atoms with Crippen LogP contribution in [0.2, 0.25) is 0 Å². The molecule has 0 aliphatic heterocycles. The quantitative estimate of drug-likeness (QED) is 0.464.